The van der Waals surface area contributed by atoms with Gasteiger partial charge in [0.25, 0.3) is 0 Å². The van der Waals surface area contributed by atoms with Crippen molar-refractivity contribution in [3.63, 3.8) is 0 Å². The van der Waals surface area contributed by atoms with Crippen LogP contribution in [0.2, 0.25) is 0 Å². The van der Waals surface area contributed by atoms with E-state index in [-0.39, 0.29) is 6.04 Å². The molecule has 0 aliphatic rings. The van der Waals surface area contributed by atoms with Crippen LogP contribution in [-0.2, 0) is 0 Å². The van der Waals surface area contributed by atoms with Gasteiger partial charge in [0.1, 0.15) is 11.6 Å². The molecule has 1 aromatic heterocycles. The monoisotopic (exact) mass is 333 g/mol. The maximum Gasteiger partial charge on any atom is 0.145 e. The largest absolute Gasteiger partial charge is 0.496 e. The first-order valence-electron chi connectivity index (χ1n) is 8.49. The number of anilines is 1. The van der Waals surface area contributed by atoms with Crippen molar-refractivity contribution in [3.05, 3.63) is 72.1 Å². The van der Waals surface area contributed by atoms with Crippen LogP contribution >= 0.6 is 0 Å². The minimum atomic E-state index is 0.207. The third-order valence-corrected chi connectivity index (χ3v) is 4.27. The predicted octanol–water partition coefficient (Wildman–Crippen LogP) is 5.02. The van der Waals surface area contributed by atoms with Gasteiger partial charge in [0.05, 0.1) is 31.2 Å². The van der Waals surface area contributed by atoms with E-state index in [1.54, 1.807) is 19.5 Å². The Kier molecular flexibility index (Phi) is 5.29. The number of aromatic nitrogens is 2. The Labute approximate surface area is 148 Å². The van der Waals surface area contributed by atoms with Crippen molar-refractivity contribution in [1.29, 1.82) is 0 Å². The molecule has 0 aliphatic heterocycles. The summed E-state index contributed by atoms with van der Waals surface area (Å²) in [5, 5.41) is 3.49. The van der Waals surface area contributed by atoms with E-state index < -0.39 is 0 Å². The molecule has 2 aromatic carbocycles. The van der Waals surface area contributed by atoms with Gasteiger partial charge in [-0.1, -0.05) is 49.4 Å². The zero-order valence-corrected chi connectivity index (χ0v) is 14.9. The molecule has 0 saturated heterocycles. The van der Waals surface area contributed by atoms with Gasteiger partial charge >= 0.3 is 0 Å². The average molecular weight is 333 g/mol. The Morgan fingerprint density at radius 2 is 1.88 bits per heavy atom. The topological polar surface area (TPSA) is 47.0 Å². The molecule has 4 nitrogen and oxygen atoms in total. The zero-order valence-electron chi connectivity index (χ0n) is 14.9. The van der Waals surface area contributed by atoms with Crippen molar-refractivity contribution in [2.24, 2.45) is 0 Å². The smallest absolute Gasteiger partial charge is 0.145 e. The highest BCUT2D eigenvalue weighted by Crippen LogP contribution is 2.27. The van der Waals surface area contributed by atoms with E-state index in [9.17, 15) is 0 Å². The molecular weight excluding hydrogens is 310 g/mol. The summed E-state index contributed by atoms with van der Waals surface area (Å²) >= 11 is 0. The van der Waals surface area contributed by atoms with Crippen LogP contribution in [0.15, 0.2) is 60.9 Å². The summed E-state index contributed by atoms with van der Waals surface area (Å²) in [6.45, 7) is 4.19. The normalized spacial score (nSPS) is 11.8. The summed E-state index contributed by atoms with van der Waals surface area (Å²) in [7, 11) is 1.68. The van der Waals surface area contributed by atoms with Crippen molar-refractivity contribution in [2.75, 3.05) is 12.4 Å². The molecule has 0 bridgehead atoms. The highest BCUT2D eigenvalue weighted by molar-refractivity contribution is 5.63. The SMILES string of the molecule is CC[C@H](Nc1cncc(-c2ccc(C)c(OC)c2)n1)c1ccccc1. The quantitative estimate of drug-likeness (QED) is 0.688. The van der Waals surface area contributed by atoms with Crippen molar-refractivity contribution in [3.8, 4) is 17.0 Å². The lowest BCUT2D eigenvalue weighted by Crippen LogP contribution is -2.11. The number of ether oxygens (including phenoxy) is 1. The molecule has 0 radical (unpaired) electrons. The Hall–Kier alpha value is -2.88. The Morgan fingerprint density at radius 1 is 1.08 bits per heavy atom. The maximum absolute atomic E-state index is 5.41. The second-order valence-corrected chi connectivity index (χ2v) is 5.99. The predicted molar refractivity (Wildman–Crippen MR) is 102 cm³/mol. The van der Waals surface area contributed by atoms with Gasteiger partial charge in [-0.05, 0) is 30.5 Å². The van der Waals surface area contributed by atoms with Gasteiger partial charge in [-0.2, -0.15) is 0 Å². The number of benzene rings is 2. The molecule has 0 unspecified atom stereocenters. The minimum absolute atomic E-state index is 0.207. The van der Waals surface area contributed by atoms with Crippen LogP contribution in [0.3, 0.4) is 0 Å². The summed E-state index contributed by atoms with van der Waals surface area (Å²) in [5.41, 5.74) is 4.16. The molecule has 0 amide bonds. The highest BCUT2D eigenvalue weighted by atomic mass is 16.5. The standard InChI is InChI=1S/C21H23N3O/c1-4-18(16-8-6-5-7-9-16)23-21-14-22-13-19(24-21)17-11-10-15(2)20(12-17)25-3/h5-14,18H,4H2,1-3H3,(H,23,24)/t18-/m0/s1. The number of methoxy groups -OCH3 is 1. The van der Waals surface area contributed by atoms with Crippen molar-refractivity contribution in [2.45, 2.75) is 26.3 Å². The number of hydrogen-bond donors (Lipinski definition) is 1. The molecule has 4 heteroatoms. The fourth-order valence-corrected chi connectivity index (χ4v) is 2.84. The lowest BCUT2D eigenvalue weighted by molar-refractivity contribution is 0.412. The van der Waals surface area contributed by atoms with E-state index in [4.69, 9.17) is 9.72 Å². The molecule has 1 atom stereocenters. The molecule has 3 aromatic rings. The van der Waals surface area contributed by atoms with Crippen LogP contribution in [0.5, 0.6) is 5.75 Å². The van der Waals surface area contributed by atoms with Gasteiger partial charge < -0.3 is 10.1 Å². The first-order valence-corrected chi connectivity index (χ1v) is 8.49. The van der Waals surface area contributed by atoms with E-state index in [0.29, 0.717) is 0 Å². The molecule has 0 aliphatic carbocycles. The first kappa shape index (κ1) is 17.0. The molecule has 0 fully saturated rings. The summed E-state index contributed by atoms with van der Waals surface area (Å²) in [4.78, 5) is 9.09. The van der Waals surface area contributed by atoms with Crippen molar-refractivity contribution >= 4 is 5.82 Å². The van der Waals surface area contributed by atoms with Crippen LogP contribution in [0.25, 0.3) is 11.3 Å². The maximum atomic E-state index is 5.41. The summed E-state index contributed by atoms with van der Waals surface area (Å²) in [6.07, 6.45) is 4.51. The van der Waals surface area contributed by atoms with Crippen molar-refractivity contribution in [1.82, 2.24) is 9.97 Å². The molecule has 1 N–H and O–H groups in total. The summed E-state index contributed by atoms with van der Waals surface area (Å²) in [5.74, 6) is 1.63. The molecule has 0 saturated carbocycles. The molecule has 128 valence electrons. The zero-order chi connectivity index (χ0) is 17.6. The lowest BCUT2D eigenvalue weighted by atomic mass is 10.0. The van der Waals surface area contributed by atoms with E-state index >= 15 is 0 Å². The van der Waals surface area contributed by atoms with E-state index in [1.165, 1.54) is 5.56 Å². The number of aryl methyl sites for hydroxylation is 1. The van der Waals surface area contributed by atoms with Gasteiger partial charge in [-0.15, -0.1) is 0 Å². The minimum Gasteiger partial charge on any atom is -0.496 e. The number of nitrogens with zero attached hydrogens (tertiary/aromatic N) is 2. The Balaban J connectivity index is 1.86. The van der Waals surface area contributed by atoms with Crippen LogP contribution < -0.4 is 10.1 Å². The first-order chi connectivity index (χ1) is 12.2. The molecular formula is C21H23N3O. The molecule has 25 heavy (non-hydrogen) atoms. The third-order valence-electron chi connectivity index (χ3n) is 4.27. The highest BCUT2D eigenvalue weighted by Gasteiger charge is 2.11. The number of nitrogens with one attached hydrogen (secondary N) is 1. The van der Waals surface area contributed by atoms with Crippen LogP contribution in [0, 0.1) is 6.92 Å². The molecule has 0 spiro atoms. The van der Waals surface area contributed by atoms with E-state index in [0.717, 1.165) is 34.8 Å². The fraction of sp³-hybridized carbons (Fsp3) is 0.238. The fourth-order valence-electron chi connectivity index (χ4n) is 2.84. The molecule has 3 rings (SSSR count). The van der Waals surface area contributed by atoms with Gasteiger partial charge in [0.15, 0.2) is 0 Å². The summed E-state index contributed by atoms with van der Waals surface area (Å²) < 4.78 is 5.41. The number of rotatable bonds is 6. The van der Waals surface area contributed by atoms with Crippen LogP contribution in [0.4, 0.5) is 5.82 Å². The Morgan fingerprint density at radius 3 is 2.60 bits per heavy atom. The van der Waals surface area contributed by atoms with E-state index in [2.05, 4.69) is 41.5 Å². The molecule has 1 heterocycles. The Bertz CT molecular complexity index is 834. The third kappa shape index (κ3) is 3.97. The second-order valence-electron chi connectivity index (χ2n) is 5.99. The lowest BCUT2D eigenvalue weighted by Gasteiger charge is -2.18. The second kappa shape index (κ2) is 7.79. The van der Waals surface area contributed by atoms with E-state index in [1.807, 2.05) is 31.2 Å². The number of hydrogen-bond acceptors (Lipinski definition) is 4. The van der Waals surface area contributed by atoms with Gasteiger partial charge in [0, 0.05) is 5.56 Å². The van der Waals surface area contributed by atoms with Gasteiger partial charge in [-0.25, -0.2) is 4.98 Å². The summed E-state index contributed by atoms with van der Waals surface area (Å²) in [6, 6.07) is 16.7. The van der Waals surface area contributed by atoms with Crippen LogP contribution in [0.1, 0.15) is 30.5 Å². The average Bonchev–Trinajstić information content (AvgIpc) is 2.67. The van der Waals surface area contributed by atoms with Crippen LogP contribution in [-0.4, -0.2) is 17.1 Å². The van der Waals surface area contributed by atoms with Gasteiger partial charge in [-0.3, -0.25) is 4.98 Å². The van der Waals surface area contributed by atoms with Gasteiger partial charge in [0.2, 0.25) is 0 Å². The van der Waals surface area contributed by atoms with Crippen molar-refractivity contribution < 1.29 is 4.74 Å².